The van der Waals surface area contributed by atoms with E-state index in [0.717, 1.165) is 30.8 Å². The summed E-state index contributed by atoms with van der Waals surface area (Å²) in [6, 6.07) is 0. The van der Waals surface area contributed by atoms with E-state index in [9.17, 15) is 0 Å². The molecule has 2 heterocycles. The van der Waals surface area contributed by atoms with E-state index < -0.39 is 0 Å². The van der Waals surface area contributed by atoms with Gasteiger partial charge in [0.05, 0.1) is 0 Å². The number of piperidine rings is 1. The molecule has 0 radical (unpaired) electrons. The Balaban J connectivity index is 1.85. The van der Waals surface area contributed by atoms with E-state index in [2.05, 4.69) is 15.5 Å². The topological polar surface area (TPSA) is 51.0 Å². The van der Waals surface area contributed by atoms with E-state index in [-0.39, 0.29) is 0 Å². The van der Waals surface area contributed by atoms with Gasteiger partial charge < -0.3 is 9.73 Å². The van der Waals surface area contributed by atoms with Crippen LogP contribution < -0.4 is 5.32 Å². The Labute approximate surface area is 64.0 Å². The molecule has 58 valence electrons. The van der Waals surface area contributed by atoms with Crippen molar-refractivity contribution in [3.8, 4) is 0 Å². The van der Waals surface area contributed by atoms with Crippen LogP contribution in [0.25, 0.3) is 0 Å². The van der Waals surface area contributed by atoms with Crippen LogP contribution in [0.5, 0.6) is 0 Å². The van der Waals surface area contributed by atoms with E-state index in [4.69, 9.17) is 4.42 Å². The Hall–Kier alpha value is -0.900. The van der Waals surface area contributed by atoms with Crippen molar-refractivity contribution in [3.63, 3.8) is 0 Å². The molecule has 1 N–H and O–H groups in total. The predicted octanol–water partition coefficient (Wildman–Crippen LogP) is 0.00240. The third kappa shape index (κ3) is 0.673. The van der Waals surface area contributed by atoms with Gasteiger partial charge in [-0.3, -0.25) is 0 Å². The lowest BCUT2D eigenvalue weighted by Gasteiger charge is -1.97. The summed E-state index contributed by atoms with van der Waals surface area (Å²) in [5.74, 6) is 2.95. The van der Waals surface area contributed by atoms with Crippen molar-refractivity contribution in [3.05, 3.63) is 12.3 Å². The molecule has 3 atom stereocenters. The second-order valence-electron chi connectivity index (χ2n) is 3.29. The molecule has 0 aromatic carbocycles. The average molecular weight is 151 g/mol. The standard InChI is InChI=1S/C7H9N3O/c1-4-5(2-8-1)6(4)7-10-9-3-11-7/h3-6,8H,1-2H2/t4-,5+,6+. The zero-order valence-electron chi connectivity index (χ0n) is 6.03. The third-order valence-electron chi connectivity index (χ3n) is 2.75. The maximum atomic E-state index is 5.14. The number of hydrogen-bond acceptors (Lipinski definition) is 4. The van der Waals surface area contributed by atoms with Crippen LogP contribution in [-0.4, -0.2) is 23.3 Å². The summed E-state index contributed by atoms with van der Waals surface area (Å²) in [4.78, 5) is 0. The first-order valence-electron chi connectivity index (χ1n) is 3.93. The highest BCUT2D eigenvalue weighted by Gasteiger charge is 2.56. The van der Waals surface area contributed by atoms with Gasteiger partial charge in [-0.15, -0.1) is 10.2 Å². The summed E-state index contributed by atoms with van der Waals surface area (Å²) in [5, 5.41) is 10.9. The number of hydrogen-bond donors (Lipinski definition) is 1. The molecule has 0 spiro atoms. The Morgan fingerprint density at radius 3 is 2.91 bits per heavy atom. The third-order valence-corrected chi connectivity index (χ3v) is 2.75. The summed E-state index contributed by atoms with van der Waals surface area (Å²) >= 11 is 0. The van der Waals surface area contributed by atoms with Gasteiger partial charge >= 0.3 is 0 Å². The Bertz CT molecular complexity index is 249. The monoisotopic (exact) mass is 151 g/mol. The predicted molar refractivity (Wildman–Crippen MR) is 36.9 cm³/mol. The Kier molecular flexibility index (Phi) is 0.946. The molecule has 1 aromatic heterocycles. The smallest absolute Gasteiger partial charge is 0.219 e. The van der Waals surface area contributed by atoms with Crippen LogP contribution in [-0.2, 0) is 0 Å². The van der Waals surface area contributed by atoms with Crippen molar-refractivity contribution >= 4 is 0 Å². The number of rotatable bonds is 1. The first kappa shape index (κ1) is 5.71. The fourth-order valence-electron chi connectivity index (χ4n) is 2.11. The maximum absolute atomic E-state index is 5.14. The highest BCUT2D eigenvalue weighted by molar-refractivity contribution is 5.16. The van der Waals surface area contributed by atoms with Crippen LogP contribution in [0.3, 0.4) is 0 Å². The minimum Gasteiger partial charge on any atom is -0.428 e. The van der Waals surface area contributed by atoms with E-state index >= 15 is 0 Å². The van der Waals surface area contributed by atoms with Crippen LogP contribution in [0, 0.1) is 11.8 Å². The summed E-state index contributed by atoms with van der Waals surface area (Å²) in [7, 11) is 0. The minimum atomic E-state index is 0.568. The van der Waals surface area contributed by atoms with Crippen LogP contribution >= 0.6 is 0 Å². The van der Waals surface area contributed by atoms with Crippen LogP contribution in [0.15, 0.2) is 10.8 Å². The second-order valence-corrected chi connectivity index (χ2v) is 3.29. The van der Waals surface area contributed by atoms with E-state index in [1.54, 1.807) is 0 Å². The molecule has 0 bridgehead atoms. The van der Waals surface area contributed by atoms with Gasteiger partial charge in [0.2, 0.25) is 12.3 Å². The molecule has 0 unspecified atom stereocenters. The first-order chi connectivity index (χ1) is 5.47. The summed E-state index contributed by atoms with van der Waals surface area (Å²) in [6.45, 7) is 2.25. The van der Waals surface area contributed by atoms with Gasteiger partial charge in [-0.05, 0) is 24.9 Å². The van der Waals surface area contributed by atoms with Crippen molar-refractivity contribution in [1.29, 1.82) is 0 Å². The van der Waals surface area contributed by atoms with E-state index in [1.165, 1.54) is 6.39 Å². The highest BCUT2D eigenvalue weighted by atomic mass is 16.4. The van der Waals surface area contributed by atoms with Crippen molar-refractivity contribution < 1.29 is 4.42 Å². The molecular weight excluding hydrogens is 142 g/mol. The molecule has 2 fully saturated rings. The van der Waals surface area contributed by atoms with Crippen molar-refractivity contribution in [1.82, 2.24) is 15.5 Å². The minimum absolute atomic E-state index is 0.568. The van der Waals surface area contributed by atoms with Crippen molar-refractivity contribution in [2.45, 2.75) is 5.92 Å². The van der Waals surface area contributed by atoms with Gasteiger partial charge in [0.25, 0.3) is 0 Å². The maximum Gasteiger partial charge on any atom is 0.219 e. The fraction of sp³-hybridized carbons (Fsp3) is 0.714. The SMILES string of the molecule is c1nnc([C@H]2[C@@H]3CNC[C@@H]32)o1. The lowest BCUT2D eigenvalue weighted by atomic mass is 10.3. The van der Waals surface area contributed by atoms with Gasteiger partial charge in [0.15, 0.2) is 0 Å². The molecule has 1 aromatic rings. The van der Waals surface area contributed by atoms with Gasteiger partial charge in [-0.25, -0.2) is 0 Å². The molecular formula is C7H9N3O. The zero-order chi connectivity index (χ0) is 7.26. The Morgan fingerprint density at radius 2 is 2.27 bits per heavy atom. The van der Waals surface area contributed by atoms with Gasteiger partial charge in [-0.1, -0.05) is 0 Å². The van der Waals surface area contributed by atoms with Gasteiger partial charge in [0, 0.05) is 5.92 Å². The number of nitrogens with one attached hydrogen (secondary N) is 1. The molecule has 1 saturated carbocycles. The molecule has 11 heavy (non-hydrogen) atoms. The molecule has 1 aliphatic heterocycles. The van der Waals surface area contributed by atoms with Gasteiger partial charge in [-0.2, -0.15) is 0 Å². The first-order valence-corrected chi connectivity index (χ1v) is 3.93. The molecule has 1 aliphatic carbocycles. The largest absolute Gasteiger partial charge is 0.428 e. The zero-order valence-corrected chi connectivity index (χ0v) is 6.03. The number of nitrogens with zero attached hydrogens (tertiary/aromatic N) is 2. The van der Waals surface area contributed by atoms with Gasteiger partial charge in [0.1, 0.15) is 0 Å². The second kappa shape index (κ2) is 1.82. The fourth-order valence-corrected chi connectivity index (χ4v) is 2.11. The van der Waals surface area contributed by atoms with Crippen LogP contribution in [0.2, 0.25) is 0 Å². The summed E-state index contributed by atoms with van der Waals surface area (Å²) in [6.07, 6.45) is 1.41. The van der Waals surface area contributed by atoms with Crippen molar-refractivity contribution in [2.75, 3.05) is 13.1 Å². The average Bonchev–Trinajstić information content (AvgIpc) is 2.57. The van der Waals surface area contributed by atoms with E-state index in [1.807, 2.05) is 0 Å². The van der Waals surface area contributed by atoms with Crippen molar-refractivity contribution in [2.24, 2.45) is 11.8 Å². The molecule has 2 aliphatic rings. The molecule has 0 amide bonds. The quantitative estimate of drug-likeness (QED) is 0.614. The normalized spacial score (nSPS) is 40.5. The Morgan fingerprint density at radius 1 is 1.45 bits per heavy atom. The molecule has 3 rings (SSSR count). The van der Waals surface area contributed by atoms with Crippen LogP contribution in [0.4, 0.5) is 0 Å². The molecule has 4 nitrogen and oxygen atoms in total. The lowest BCUT2D eigenvalue weighted by molar-refractivity contribution is 0.471. The molecule has 1 saturated heterocycles. The molecule has 4 heteroatoms. The summed E-state index contributed by atoms with van der Waals surface area (Å²) < 4.78 is 5.14. The summed E-state index contributed by atoms with van der Waals surface area (Å²) in [5.41, 5.74) is 0. The highest BCUT2D eigenvalue weighted by Crippen LogP contribution is 2.54. The van der Waals surface area contributed by atoms with E-state index in [0.29, 0.717) is 5.92 Å². The number of aromatic nitrogens is 2. The van der Waals surface area contributed by atoms with Crippen LogP contribution in [0.1, 0.15) is 11.8 Å². The lowest BCUT2D eigenvalue weighted by Crippen LogP contribution is -2.14. The number of fused-ring (bicyclic) bond motifs is 1.